The van der Waals surface area contributed by atoms with E-state index in [-0.39, 0.29) is 6.42 Å². The Hall–Kier alpha value is -2.34. The minimum Gasteiger partial charge on any atom is -0.453 e. The largest absolute Gasteiger partial charge is 0.453 e. The highest BCUT2D eigenvalue weighted by molar-refractivity contribution is 6.31. The number of rotatable bonds is 6. The van der Waals surface area contributed by atoms with Gasteiger partial charge in [0.15, 0.2) is 6.10 Å². The van der Waals surface area contributed by atoms with Crippen LogP contribution in [0.1, 0.15) is 35.9 Å². The summed E-state index contributed by atoms with van der Waals surface area (Å²) in [6.45, 7) is 7.00. The Bertz CT molecular complexity index is 766. The molecule has 1 amide bonds. The molecule has 0 saturated heterocycles. The van der Waals surface area contributed by atoms with Gasteiger partial charge in [-0.25, -0.2) is 0 Å². The van der Waals surface area contributed by atoms with E-state index in [1.165, 1.54) is 6.92 Å². The summed E-state index contributed by atoms with van der Waals surface area (Å²) in [5.74, 6) is -0.172. The van der Waals surface area contributed by atoms with Crippen molar-refractivity contribution in [3.8, 4) is 0 Å². The van der Waals surface area contributed by atoms with Crippen molar-refractivity contribution >= 4 is 29.2 Å². The van der Waals surface area contributed by atoms with Crippen molar-refractivity contribution < 1.29 is 18.8 Å². The van der Waals surface area contributed by atoms with Crippen molar-refractivity contribution in [2.24, 2.45) is 0 Å². The third-order valence-corrected chi connectivity index (χ3v) is 4.13. The van der Waals surface area contributed by atoms with Crippen molar-refractivity contribution in [2.75, 3.05) is 5.32 Å². The summed E-state index contributed by atoms with van der Waals surface area (Å²) in [5.41, 5.74) is 3.11. The SMILES string of the molecule is Cc1ccc(Cl)cc1NC(=O)[C@@H](C)OC(=O)CCc1c(C)noc1C. The van der Waals surface area contributed by atoms with Crippen LogP contribution in [0.4, 0.5) is 5.69 Å². The van der Waals surface area contributed by atoms with Crippen LogP contribution >= 0.6 is 11.6 Å². The van der Waals surface area contributed by atoms with Crippen molar-refractivity contribution in [2.45, 2.75) is 46.6 Å². The van der Waals surface area contributed by atoms with Crippen LogP contribution < -0.4 is 5.32 Å². The van der Waals surface area contributed by atoms with Crippen LogP contribution in [0, 0.1) is 20.8 Å². The number of nitrogens with zero attached hydrogens (tertiary/aromatic N) is 1. The number of ether oxygens (including phenoxy) is 1. The number of aromatic nitrogens is 1. The maximum Gasteiger partial charge on any atom is 0.306 e. The average Bonchev–Trinajstić information content (AvgIpc) is 2.87. The Balaban J connectivity index is 1.88. The van der Waals surface area contributed by atoms with Crippen molar-refractivity contribution in [1.82, 2.24) is 5.16 Å². The summed E-state index contributed by atoms with van der Waals surface area (Å²) >= 11 is 5.93. The van der Waals surface area contributed by atoms with E-state index in [0.29, 0.717) is 22.9 Å². The average molecular weight is 365 g/mol. The third-order valence-electron chi connectivity index (χ3n) is 3.90. The molecule has 0 aliphatic heterocycles. The zero-order valence-corrected chi connectivity index (χ0v) is 15.4. The number of halogens is 1. The standard InChI is InChI=1S/C18H21ClN2O4/c1-10-5-6-14(19)9-16(10)20-18(23)13(4)24-17(22)8-7-15-11(2)21-25-12(15)3/h5-6,9,13H,7-8H2,1-4H3,(H,20,23)/t13-/m1/s1. The van der Waals surface area contributed by atoms with Crippen LogP contribution in [0.5, 0.6) is 0 Å². The Labute approximate surface area is 151 Å². The summed E-state index contributed by atoms with van der Waals surface area (Å²) in [7, 11) is 0. The number of carbonyl (C=O) groups excluding carboxylic acids is 2. The van der Waals surface area contributed by atoms with E-state index in [1.807, 2.05) is 13.8 Å². The molecule has 0 bridgehead atoms. The quantitative estimate of drug-likeness (QED) is 0.789. The van der Waals surface area contributed by atoms with E-state index in [4.69, 9.17) is 20.9 Å². The van der Waals surface area contributed by atoms with E-state index >= 15 is 0 Å². The lowest BCUT2D eigenvalue weighted by atomic mass is 10.1. The zero-order chi connectivity index (χ0) is 18.6. The monoisotopic (exact) mass is 364 g/mol. The first-order valence-electron chi connectivity index (χ1n) is 7.96. The first-order chi connectivity index (χ1) is 11.8. The highest BCUT2D eigenvalue weighted by atomic mass is 35.5. The highest BCUT2D eigenvalue weighted by Crippen LogP contribution is 2.20. The molecule has 0 saturated carbocycles. The van der Waals surface area contributed by atoms with Crippen LogP contribution in [-0.4, -0.2) is 23.1 Å². The third kappa shape index (κ3) is 5.06. The van der Waals surface area contributed by atoms with E-state index in [2.05, 4.69) is 10.5 Å². The van der Waals surface area contributed by atoms with Gasteiger partial charge < -0.3 is 14.6 Å². The van der Waals surface area contributed by atoms with Gasteiger partial charge in [-0.3, -0.25) is 9.59 Å². The molecule has 1 heterocycles. The van der Waals surface area contributed by atoms with Crippen LogP contribution in [0.15, 0.2) is 22.7 Å². The van der Waals surface area contributed by atoms with Crippen LogP contribution in [0.3, 0.4) is 0 Å². The van der Waals surface area contributed by atoms with Crippen LogP contribution in [-0.2, 0) is 20.7 Å². The van der Waals surface area contributed by atoms with Gasteiger partial charge in [0.1, 0.15) is 5.76 Å². The van der Waals surface area contributed by atoms with Gasteiger partial charge in [-0.15, -0.1) is 0 Å². The fourth-order valence-electron chi connectivity index (χ4n) is 2.36. The van der Waals surface area contributed by atoms with Gasteiger partial charge in [0.25, 0.3) is 5.91 Å². The molecule has 0 spiro atoms. The van der Waals surface area contributed by atoms with Gasteiger partial charge in [-0.2, -0.15) is 0 Å². The minimum atomic E-state index is -0.907. The molecule has 134 valence electrons. The molecular weight excluding hydrogens is 344 g/mol. The maximum absolute atomic E-state index is 12.2. The minimum absolute atomic E-state index is 0.150. The molecule has 1 aromatic heterocycles. The fourth-order valence-corrected chi connectivity index (χ4v) is 2.53. The zero-order valence-electron chi connectivity index (χ0n) is 14.7. The van der Waals surface area contributed by atoms with Crippen molar-refractivity contribution in [3.05, 3.63) is 45.8 Å². The van der Waals surface area contributed by atoms with Crippen LogP contribution in [0.2, 0.25) is 5.02 Å². The van der Waals surface area contributed by atoms with Crippen LogP contribution in [0.25, 0.3) is 0 Å². The molecule has 7 heteroatoms. The lowest BCUT2D eigenvalue weighted by Gasteiger charge is -2.15. The molecule has 2 rings (SSSR count). The summed E-state index contributed by atoms with van der Waals surface area (Å²) in [6.07, 6.45) is -0.297. The van der Waals surface area contributed by atoms with Crippen molar-refractivity contribution in [1.29, 1.82) is 0 Å². The second-order valence-electron chi connectivity index (χ2n) is 5.88. The molecular formula is C18H21ClN2O4. The Morgan fingerprint density at radius 1 is 1.32 bits per heavy atom. The van der Waals surface area contributed by atoms with Gasteiger partial charge in [0, 0.05) is 22.7 Å². The van der Waals surface area contributed by atoms with Crippen molar-refractivity contribution in [3.63, 3.8) is 0 Å². The molecule has 6 nitrogen and oxygen atoms in total. The summed E-state index contributed by atoms with van der Waals surface area (Å²) < 4.78 is 10.3. The molecule has 25 heavy (non-hydrogen) atoms. The number of anilines is 1. The first-order valence-corrected chi connectivity index (χ1v) is 8.34. The number of hydrogen-bond acceptors (Lipinski definition) is 5. The second-order valence-corrected chi connectivity index (χ2v) is 6.32. The smallest absolute Gasteiger partial charge is 0.306 e. The highest BCUT2D eigenvalue weighted by Gasteiger charge is 2.19. The van der Waals surface area contributed by atoms with Gasteiger partial charge in [-0.05, 0) is 51.8 Å². The lowest BCUT2D eigenvalue weighted by Crippen LogP contribution is -2.30. The number of aryl methyl sites for hydroxylation is 3. The molecule has 0 radical (unpaired) electrons. The predicted octanol–water partition coefficient (Wildman–Crippen LogP) is 3.76. The molecule has 0 unspecified atom stereocenters. The normalized spacial score (nSPS) is 11.9. The molecule has 1 aromatic carbocycles. The molecule has 0 aliphatic carbocycles. The first kappa shape index (κ1) is 19.0. The number of hydrogen-bond donors (Lipinski definition) is 1. The number of amides is 1. The van der Waals surface area contributed by atoms with E-state index in [1.54, 1.807) is 25.1 Å². The summed E-state index contributed by atoms with van der Waals surface area (Å²) in [4.78, 5) is 24.2. The second kappa shape index (κ2) is 8.16. The van der Waals surface area contributed by atoms with Gasteiger partial charge in [0.05, 0.1) is 5.69 Å². The predicted molar refractivity (Wildman–Crippen MR) is 94.7 cm³/mol. The Morgan fingerprint density at radius 3 is 2.68 bits per heavy atom. The fraction of sp³-hybridized carbons (Fsp3) is 0.389. The summed E-state index contributed by atoms with van der Waals surface area (Å²) in [6, 6.07) is 5.20. The Kier molecular flexibility index (Phi) is 6.20. The maximum atomic E-state index is 12.2. The lowest BCUT2D eigenvalue weighted by molar-refractivity contribution is -0.153. The van der Waals surface area contributed by atoms with E-state index in [0.717, 1.165) is 16.8 Å². The van der Waals surface area contributed by atoms with E-state index in [9.17, 15) is 9.59 Å². The number of esters is 1. The molecule has 1 N–H and O–H groups in total. The topological polar surface area (TPSA) is 81.4 Å². The molecule has 0 fully saturated rings. The molecule has 1 atom stereocenters. The van der Waals surface area contributed by atoms with E-state index < -0.39 is 18.0 Å². The van der Waals surface area contributed by atoms with Gasteiger partial charge in [0.2, 0.25) is 0 Å². The van der Waals surface area contributed by atoms with Gasteiger partial charge >= 0.3 is 5.97 Å². The summed E-state index contributed by atoms with van der Waals surface area (Å²) in [5, 5.41) is 7.08. The number of nitrogens with one attached hydrogen (secondary N) is 1. The number of carbonyl (C=O) groups is 2. The Morgan fingerprint density at radius 2 is 2.04 bits per heavy atom. The number of benzene rings is 1. The van der Waals surface area contributed by atoms with Gasteiger partial charge in [-0.1, -0.05) is 22.8 Å². The molecule has 2 aromatic rings. The molecule has 0 aliphatic rings.